The van der Waals surface area contributed by atoms with Crippen LogP contribution in [0.2, 0.25) is 0 Å². The molecule has 1 aliphatic rings. The number of hydrogen-bond acceptors (Lipinski definition) is 5. The van der Waals surface area contributed by atoms with E-state index in [0.717, 1.165) is 5.56 Å². The summed E-state index contributed by atoms with van der Waals surface area (Å²) in [6, 6.07) is 6.69. The highest BCUT2D eigenvalue weighted by atomic mass is 16.8. The van der Waals surface area contributed by atoms with Crippen molar-refractivity contribution in [1.29, 1.82) is 0 Å². The zero-order valence-electron chi connectivity index (χ0n) is 9.71. The normalized spacial score (nSPS) is 14.8. The van der Waals surface area contributed by atoms with Gasteiger partial charge in [0, 0.05) is 12.8 Å². The van der Waals surface area contributed by atoms with Crippen LogP contribution in [0.15, 0.2) is 24.3 Å². The molecule has 2 amide bonds. The fourth-order valence-electron chi connectivity index (χ4n) is 1.45. The molecule has 1 aromatic rings. The van der Waals surface area contributed by atoms with Crippen molar-refractivity contribution >= 4 is 18.0 Å². The van der Waals surface area contributed by atoms with E-state index in [1.54, 1.807) is 24.3 Å². The number of hydroxylamine groups is 2. The molecule has 1 fully saturated rings. The number of nitrogens with zero attached hydrogens (tertiary/aromatic N) is 1. The molecular formula is C12H11NO5. The molecule has 1 heterocycles. The number of amides is 2. The average Bonchev–Trinajstić information content (AvgIpc) is 2.64. The second-order valence-corrected chi connectivity index (χ2v) is 3.84. The van der Waals surface area contributed by atoms with Gasteiger partial charge in [-0.2, -0.15) is 0 Å². The molecule has 0 spiro atoms. The topological polar surface area (TPSA) is 72.9 Å². The summed E-state index contributed by atoms with van der Waals surface area (Å²) in [5, 5.41) is 0.441. The molecule has 1 aromatic carbocycles. The van der Waals surface area contributed by atoms with Gasteiger partial charge in [0.1, 0.15) is 5.75 Å². The number of hydrogen-bond donors (Lipinski definition) is 0. The van der Waals surface area contributed by atoms with Gasteiger partial charge in [0.05, 0.1) is 0 Å². The summed E-state index contributed by atoms with van der Waals surface area (Å²) < 4.78 is 4.82. The fourth-order valence-corrected chi connectivity index (χ4v) is 1.45. The molecule has 0 aromatic heterocycles. The number of aryl methyl sites for hydroxylation is 1. The van der Waals surface area contributed by atoms with Gasteiger partial charge >= 0.3 is 6.16 Å². The van der Waals surface area contributed by atoms with Crippen molar-refractivity contribution in [3.05, 3.63) is 29.8 Å². The minimum Gasteiger partial charge on any atom is -0.393 e. The molecule has 18 heavy (non-hydrogen) atoms. The smallest absolute Gasteiger partial charge is 0.393 e. The van der Waals surface area contributed by atoms with Crippen LogP contribution in [0.25, 0.3) is 0 Å². The van der Waals surface area contributed by atoms with E-state index in [1.807, 2.05) is 6.92 Å². The first-order valence-corrected chi connectivity index (χ1v) is 5.38. The SMILES string of the molecule is Cc1ccc(OC(=O)ON2C(=O)CCC2=O)cc1. The summed E-state index contributed by atoms with van der Waals surface area (Å²) >= 11 is 0. The molecule has 1 aliphatic heterocycles. The van der Waals surface area contributed by atoms with Gasteiger partial charge in [-0.25, -0.2) is 4.79 Å². The van der Waals surface area contributed by atoms with Gasteiger partial charge in [-0.3, -0.25) is 14.4 Å². The molecule has 6 heteroatoms. The highest BCUT2D eigenvalue weighted by Gasteiger charge is 2.33. The van der Waals surface area contributed by atoms with Crippen LogP contribution in [-0.2, 0) is 14.4 Å². The Kier molecular flexibility index (Phi) is 3.27. The Balaban J connectivity index is 1.94. The molecule has 1 saturated heterocycles. The quantitative estimate of drug-likeness (QED) is 0.452. The van der Waals surface area contributed by atoms with E-state index in [1.165, 1.54) is 0 Å². The van der Waals surface area contributed by atoms with Crippen molar-refractivity contribution < 1.29 is 24.0 Å². The molecule has 94 valence electrons. The molecule has 0 bridgehead atoms. The summed E-state index contributed by atoms with van der Waals surface area (Å²) in [5.74, 6) is -0.800. The highest BCUT2D eigenvalue weighted by molar-refractivity contribution is 6.01. The van der Waals surface area contributed by atoms with Crippen LogP contribution in [0.1, 0.15) is 18.4 Å². The van der Waals surface area contributed by atoms with Gasteiger partial charge in [0.25, 0.3) is 11.8 Å². The molecule has 0 atom stereocenters. The van der Waals surface area contributed by atoms with E-state index >= 15 is 0 Å². The zero-order chi connectivity index (χ0) is 13.1. The maximum Gasteiger partial charge on any atom is 0.539 e. The van der Waals surface area contributed by atoms with Crippen LogP contribution < -0.4 is 4.74 Å². The second-order valence-electron chi connectivity index (χ2n) is 3.84. The summed E-state index contributed by atoms with van der Waals surface area (Å²) in [4.78, 5) is 38.3. The molecule has 0 saturated carbocycles. The highest BCUT2D eigenvalue weighted by Crippen LogP contribution is 2.15. The second kappa shape index (κ2) is 4.87. The Morgan fingerprint density at radius 2 is 1.67 bits per heavy atom. The third-order valence-electron chi connectivity index (χ3n) is 2.39. The zero-order valence-corrected chi connectivity index (χ0v) is 9.71. The lowest BCUT2D eigenvalue weighted by atomic mass is 10.2. The first kappa shape index (κ1) is 12.1. The Morgan fingerprint density at radius 3 is 2.22 bits per heavy atom. The Hall–Kier alpha value is -2.37. The van der Waals surface area contributed by atoms with E-state index in [-0.39, 0.29) is 18.6 Å². The number of carbonyl (C=O) groups is 3. The molecule has 0 radical (unpaired) electrons. The van der Waals surface area contributed by atoms with Crippen LogP contribution in [0.4, 0.5) is 4.79 Å². The molecule has 0 aliphatic carbocycles. The Bertz CT molecular complexity index is 478. The molecular weight excluding hydrogens is 238 g/mol. The van der Waals surface area contributed by atoms with Crippen molar-refractivity contribution in [3.8, 4) is 5.75 Å². The maximum absolute atomic E-state index is 11.4. The average molecular weight is 249 g/mol. The molecule has 0 N–H and O–H groups in total. The van der Waals surface area contributed by atoms with Gasteiger partial charge in [0.2, 0.25) is 0 Å². The fraction of sp³-hybridized carbons (Fsp3) is 0.250. The van der Waals surface area contributed by atoms with E-state index in [9.17, 15) is 14.4 Å². The van der Waals surface area contributed by atoms with Crippen molar-refractivity contribution in [2.75, 3.05) is 0 Å². The van der Waals surface area contributed by atoms with Gasteiger partial charge in [0.15, 0.2) is 0 Å². The number of imide groups is 1. The minimum atomic E-state index is -1.11. The lowest BCUT2D eigenvalue weighted by molar-refractivity contribution is -0.174. The van der Waals surface area contributed by atoms with Crippen LogP contribution in [0, 0.1) is 6.92 Å². The number of rotatable bonds is 2. The van der Waals surface area contributed by atoms with E-state index in [0.29, 0.717) is 5.06 Å². The van der Waals surface area contributed by atoms with Gasteiger partial charge in [-0.05, 0) is 19.1 Å². The largest absolute Gasteiger partial charge is 0.539 e. The predicted octanol–water partition coefficient (Wildman–Crippen LogP) is 1.57. The van der Waals surface area contributed by atoms with Gasteiger partial charge in [-0.1, -0.05) is 22.8 Å². The lowest BCUT2D eigenvalue weighted by Gasteiger charge is -2.12. The number of benzene rings is 1. The Morgan fingerprint density at radius 1 is 1.11 bits per heavy atom. The van der Waals surface area contributed by atoms with Crippen LogP contribution in [0.5, 0.6) is 5.75 Å². The standard InChI is InChI=1S/C12H11NO5/c1-8-2-4-9(5-3-8)17-12(16)18-13-10(14)6-7-11(13)15/h2-5H,6-7H2,1H3. The number of ether oxygens (including phenoxy) is 1. The van der Waals surface area contributed by atoms with Gasteiger partial charge in [-0.15, -0.1) is 0 Å². The van der Waals surface area contributed by atoms with E-state index in [2.05, 4.69) is 4.84 Å². The van der Waals surface area contributed by atoms with Crippen molar-refractivity contribution in [1.82, 2.24) is 5.06 Å². The Labute approximate surface area is 103 Å². The minimum absolute atomic E-state index is 0.0522. The summed E-state index contributed by atoms with van der Waals surface area (Å²) in [6.07, 6.45) is -1.00. The monoisotopic (exact) mass is 249 g/mol. The van der Waals surface area contributed by atoms with Crippen LogP contribution >= 0.6 is 0 Å². The summed E-state index contributed by atoms with van der Waals surface area (Å²) in [7, 11) is 0. The lowest BCUT2D eigenvalue weighted by Crippen LogP contribution is -2.33. The number of carbonyl (C=O) groups excluding carboxylic acids is 3. The molecule has 0 unspecified atom stereocenters. The maximum atomic E-state index is 11.4. The molecule has 6 nitrogen and oxygen atoms in total. The van der Waals surface area contributed by atoms with Crippen LogP contribution in [0.3, 0.4) is 0 Å². The first-order chi connectivity index (χ1) is 8.56. The molecule has 2 rings (SSSR count). The third kappa shape index (κ3) is 2.65. The van der Waals surface area contributed by atoms with Crippen molar-refractivity contribution in [2.45, 2.75) is 19.8 Å². The predicted molar refractivity (Wildman–Crippen MR) is 59.4 cm³/mol. The van der Waals surface area contributed by atoms with Crippen LogP contribution in [-0.4, -0.2) is 23.0 Å². The van der Waals surface area contributed by atoms with E-state index in [4.69, 9.17) is 4.74 Å². The van der Waals surface area contributed by atoms with Gasteiger partial charge < -0.3 is 4.74 Å². The third-order valence-corrected chi connectivity index (χ3v) is 2.39. The van der Waals surface area contributed by atoms with E-state index < -0.39 is 18.0 Å². The first-order valence-electron chi connectivity index (χ1n) is 5.38. The van der Waals surface area contributed by atoms with Crippen molar-refractivity contribution in [2.24, 2.45) is 0 Å². The summed E-state index contributed by atoms with van der Waals surface area (Å²) in [5.41, 5.74) is 1.01. The summed E-state index contributed by atoms with van der Waals surface area (Å²) in [6.45, 7) is 1.89. The van der Waals surface area contributed by atoms with Crippen molar-refractivity contribution in [3.63, 3.8) is 0 Å².